The Morgan fingerprint density at radius 2 is 1.87 bits per heavy atom. The Hall–Kier alpha value is -3.65. The maximum Gasteiger partial charge on any atom is 0.267 e. The molecule has 4 rings (SSSR count). The number of carbonyl (C=O) groups excluding carboxylic acids is 1. The van der Waals surface area contributed by atoms with Crippen molar-refractivity contribution in [3.63, 3.8) is 0 Å². The van der Waals surface area contributed by atoms with Crippen LogP contribution in [0.4, 0.5) is 0 Å². The van der Waals surface area contributed by atoms with E-state index in [-0.39, 0.29) is 22.2 Å². The van der Waals surface area contributed by atoms with Gasteiger partial charge in [0, 0.05) is 29.8 Å². The van der Waals surface area contributed by atoms with Gasteiger partial charge in [-0.3, -0.25) is 9.78 Å². The number of pyridine rings is 1. The molecule has 7 nitrogen and oxygen atoms in total. The zero-order valence-electron chi connectivity index (χ0n) is 16.1. The molecule has 2 aromatic heterocycles. The number of fused-ring (bicyclic) bond motifs is 1. The molecule has 0 bridgehead atoms. The summed E-state index contributed by atoms with van der Waals surface area (Å²) in [7, 11) is -2.17. The quantitative estimate of drug-likeness (QED) is 0.497. The maximum absolute atomic E-state index is 12.8. The molecular formula is C22H19N3O4S. The number of H-pyrrole nitrogens is 1. The van der Waals surface area contributed by atoms with Crippen LogP contribution in [0.1, 0.15) is 16.1 Å². The van der Waals surface area contributed by atoms with E-state index in [9.17, 15) is 13.2 Å². The topological polar surface area (TPSA) is 101 Å². The molecule has 2 heterocycles. The predicted octanol–water partition coefficient (Wildman–Crippen LogP) is 3.33. The van der Waals surface area contributed by atoms with E-state index in [2.05, 4.69) is 15.3 Å². The van der Waals surface area contributed by atoms with Gasteiger partial charge in [-0.1, -0.05) is 18.2 Å². The Labute approximate surface area is 173 Å². The number of nitrogens with zero attached hydrogens (tertiary/aromatic N) is 1. The standard InChI is InChI=1S/C22H19N3O4S/c1-29-17-3-2-4-19(12-17)30(27,28)18-7-5-15(6-8-18)13-24-22(26)21-11-16-14-23-10-9-20(16)25-21/h2-12,14,25H,13H2,1H3,(H,24,26). The number of hydrogen-bond donors (Lipinski definition) is 2. The summed E-state index contributed by atoms with van der Waals surface area (Å²) in [6.45, 7) is 0.270. The van der Waals surface area contributed by atoms with Crippen LogP contribution in [0.15, 0.2) is 82.8 Å². The maximum atomic E-state index is 12.8. The van der Waals surface area contributed by atoms with Gasteiger partial charge in [0.25, 0.3) is 5.91 Å². The summed E-state index contributed by atoms with van der Waals surface area (Å²) in [5.41, 5.74) is 2.06. The van der Waals surface area contributed by atoms with E-state index in [1.54, 1.807) is 48.8 Å². The number of sulfone groups is 1. The molecule has 0 unspecified atom stereocenters. The molecule has 0 radical (unpaired) electrons. The predicted molar refractivity (Wildman–Crippen MR) is 112 cm³/mol. The lowest BCUT2D eigenvalue weighted by Gasteiger charge is -2.08. The fourth-order valence-electron chi connectivity index (χ4n) is 3.06. The van der Waals surface area contributed by atoms with Crippen LogP contribution in [0.25, 0.3) is 10.9 Å². The zero-order valence-corrected chi connectivity index (χ0v) is 16.9. The fraction of sp³-hybridized carbons (Fsp3) is 0.0909. The summed E-state index contributed by atoms with van der Waals surface area (Å²) in [4.78, 5) is 19.8. The number of benzene rings is 2. The number of aromatic amines is 1. The van der Waals surface area contributed by atoms with Crippen molar-refractivity contribution in [3.05, 3.63) is 84.3 Å². The van der Waals surface area contributed by atoms with Crippen molar-refractivity contribution in [2.24, 2.45) is 0 Å². The van der Waals surface area contributed by atoms with Crippen molar-refractivity contribution in [1.29, 1.82) is 0 Å². The molecule has 8 heteroatoms. The molecule has 0 saturated carbocycles. The molecule has 0 aliphatic heterocycles. The van der Waals surface area contributed by atoms with Crippen LogP contribution >= 0.6 is 0 Å². The summed E-state index contributed by atoms with van der Waals surface area (Å²) in [6, 6.07) is 16.3. The molecule has 0 fully saturated rings. The first-order valence-electron chi connectivity index (χ1n) is 9.16. The third-order valence-electron chi connectivity index (χ3n) is 4.70. The molecule has 0 atom stereocenters. The number of aromatic nitrogens is 2. The van der Waals surface area contributed by atoms with E-state index in [1.165, 1.54) is 31.4 Å². The van der Waals surface area contributed by atoms with E-state index >= 15 is 0 Å². The van der Waals surface area contributed by atoms with E-state index in [0.29, 0.717) is 11.4 Å². The molecule has 4 aromatic rings. The molecule has 30 heavy (non-hydrogen) atoms. The number of carbonyl (C=O) groups is 1. The van der Waals surface area contributed by atoms with Crippen molar-refractivity contribution in [2.75, 3.05) is 7.11 Å². The van der Waals surface area contributed by atoms with Crippen LogP contribution in [-0.2, 0) is 16.4 Å². The van der Waals surface area contributed by atoms with Gasteiger partial charge in [0.15, 0.2) is 0 Å². The van der Waals surface area contributed by atoms with Crippen LogP contribution in [0, 0.1) is 0 Å². The molecular weight excluding hydrogens is 402 g/mol. The van der Waals surface area contributed by atoms with Crippen molar-refractivity contribution in [3.8, 4) is 5.75 Å². The Kier molecular flexibility index (Phi) is 5.24. The van der Waals surface area contributed by atoms with Gasteiger partial charge in [0.05, 0.1) is 16.9 Å². The highest BCUT2D eigenvalue weighted by Gasteiger charge is 2.18. The van der Waals surface area contributed by atoms with Crippen molar-refractivity contribution >= 4 is 26.6 Å². The second-order valence-corrected chi connectivity index (χ2v) is 8.60. The molecule has 2 aromatic carbocycles. The smallest absolute Gasteiger partial charge is 0.267 e. The van der Waals surface area contributed by atoms with Gasteiger partial charge >= 0.3 is 0 Å². The minimum absolute atomic E-state index is 0.163. The largest absolute Gasteiger partial charge is 0.497 e. The molecule has 2 N–H and O–H groups in total. The second kappa shape index (κ2) is 8.00. The zero-order chi connectivity index (χ0) is 21.1. The first-order chi connectivity index (χ1) is 14.5. The van der Waals surface area contributed by atoms with Crippen LogP contribution < -0.4 is 10.1 Å². The summed E-state index contributed by atoms with van der Waals surface area (Å²) in [5.74, 6) is 0.224. The van der Waals surface area contributed by atoms with Gasteiger partial charge in [-0.05, 0) is 48.0 Å². The molecule has 0 spiro atoms. The van der Waals surface area contributed by atoms with Crippen LogP contribution in [0.2, 0.25) is 0 Å². The van der Waals surface area contributed by atoms with E-state index in [4.69, 9.17) is 4.74 Å². The summed E-state index contributed by atoms with van der Waals surface area (Å²) < 4.78 is 30.7. The van der Waals surface area contributed by atoms with Gasteiger partial charge in [-0.15, -0.1) is 0 Å². The second-order valence-electron chi connectivity index (χ2n) is 6.65. The summed E-state index contributed by atoms with van der Waals surface area (Å²) in [6.07, 6.45) is 3.34. The third kappa shape index (κ3) is 3.90. The average molecular weight is 421 g/mol. The van der Waals surface area contributed by atoms with Crippen molar-refractivity contribution < 1.29 is 17.9 Å². The van der Waals surface area contributed by atoms with Crippen LogP contribution in [0.5, 0.6) is 5.75 Å². The third-order valence-corrected chi connectivity index (χ3v) is 6.47. The normalized spacial score (nSPS) is 11.4. The summed E-state index contributed by atoms with van der Waals surface area (Å²) >= 11 is 0. The number of methoxy groups -OCH3 is 1. The molecule has 1 amide bonds. The lowest BCUT2D eigenvalue weighted by atomic mass is 10.2. The number of hydrogen-bond acceptors (Lipinski definition) is 5. The fourth-order valence-corrected chi connectivity index (χ4v) is 4.36. The highest BCUT2D eigenvalue weighted by molar-refractivity contribution is 7.91. The highest BCUT2D eigenvalue weighted by Crippen LogP contribution is 2.24. The van der Waals surface area contributed by atoms with E-state index < -0.39 is 9.84 Å². The van der Waals surface area contributed by atoms with Crippen molar-refractivity contribution in [2.45, 2.75) is 16.3 Å². The number of amides is 1. The van der Waals surface area contributed by atoms with E-state index in [1.807, 2.05) is 0 Å². The minimum Gasteiger partial charge on any atom is -0.497 e. The Morgan fingerprint density at radius 3 is 2.60 bits per heavy atom. The monoisotopic (exact) mass is 421 g/mol. The van der Waals surface area contributed by atoms with Gasteiger partial charge in [0.2, 0.25) is 9.84 Å². The van der Waals surface area contributed by atoms with Gasteiger partial charge < -0.3 is 15.0 Å². The summed E-state index contributed by atoms with van der Waals surface area (Å²) in [5, 5.41) is 3.68. The Balaban J connectivity index is 1.46. The minimum atomic E-state index is -3.66. The molecule has 0 saturated heterocycles. The Bertz CT molecular complexity index is 1280. The molecule has 0 aliphatic carbocycles. The van der Waals surface area contributed by atoms with Gasteiger partial charge in [-0.2, -0.15) is 0 Å². The van der Waals surface area contributed by atoms with Crippen LogP contribution in [0.3, 0.4) is 0 Å². The van der Waals surface area contributed by atoms with Gasteiger partial charge in [-0.25, -0.2) is 8.42 Å². The average Bonchev–Trinajstić information content (AvgIpc) is 3.22. The number of rotatable bonds is 6. The number of ether oxygens (including phenoxy) is 1. The Morgan fingerprint density at radius 1 is 1.07 bits per heavy atom. The first kappa shape index (κ1) is 19.7. The molecule has 152 valence electrons. The lowest BCUT2D eigenvalue weighted by molar-refractivity contribution is 0.0946. The van der Waals surface area contributed by atoms with Gasteiger partial charge in [0.1, 0.15) is 11.4 Å². The van der Waals surface area contributed by atoms with Crippen LogP contribution in [-0.4, -0.2) is 31.4 Å². The first-order valence-corrected chi connectivity index (χ1v) is 10.6. The SMILES string of the molecule is COc1cccc(S(=O)(=O)c2ccc(CNC(=O)c3cc4cnccc4[nH]3)cc2)c1. The highest BCUT2D eigenvalue weighted by atomic mass is 32.2. The lowest BCUT2D eigenvalue weighted by Crippen LogP contribution is -2.23. The number of nitrogens with one attached hydrogen (secondary N) is 2. The molecule has 0 aliphatic rings. The van der Waals surface area contributed by atoms with E-state index in [0.717, 1.165) is 16.5 Å². The van der Waals surface area contributed by atoms with Crippen molar-refractivity contribution in [1.82, 2.24) is 15.3 Å².